The van der Waals surface area contributed by atoms with Crippen molar-refractivity contribution in [3.63, 3.8) is 0 Å². The Morgan fingerprint density at radius 1 is 1.13 bits per heavy atom. The number of cyclic esters (lactones) is 1. The van der Waals surface area contributed by atoms with Crippen molar-refractivity contribution in [1.29, 1.82) is 0 Å². The number of nitrogens with zero attached hydrogens (tertiary/aromatic N) is 1. The van der Waals surface area contributed by atoms with Gasteiger partial charge in [-0.2, -0.15) is 0 Å². The third-order valence-electron chi connectivity index (χ3n) is 6.93. The molecule has 5 nitrogen and oxygen atoms in total. The van der Waals surface area contributed by atoms with E-state index >= 15 is 0 Å². The Kier molecular flexibility index (Phi) is 3.31. The molecule has 0 aromatic heterocycles. The minimum Gasteiger partial charge on any atom is -0.438 e. The van der Waals surface area contributed by atoms with Crippen LogP contribution in [-0.2, 0) is 9.47 Å². The summed E-state index contributed by atoms with van der Waals surface area (Å²) in [5.74, 6) is 2.54. The number of ether oxygens (including phenoxy) is 2. The molecule has 0 aromatic rings. The molecule has 5 fully saturated rings. The Balaban J connectivity index is 1.38. The van der Waals surface area contributed by atoms with Crippen LogP contribution in [0.25, 0.3) is 0 Å². The van der Waals surface area contributed by atoms with Crippen LogP contribution < -0.4 is 0 Å². The zero-order valence-corrected chi connectivity index (χ0v) is 14.5. The Hall–Kier alpha value is -0.810. The second-order valence-corrected chi connectivity index (χ2v) is 9.00. The number of rotatable bonds is 4. The molecule has 1 aliphatic heterocycles. The highest BCUT2D eigenvalue weighted by Crippen LogP contribution is 2.57. The highest BCUT2D eigenvalue weighted by molar-refractivity contribution is 5.72. The molecule has 130 valence electrons. The van der Waals surface area contributed by atoms with E-state index in [1.54, 1.807) is 20.8 Å². The molecular weight excluding hydrogens is 294 g/mol. The first-order valence-electron chi connectivity index (χ1n) is 9.08. The van der Waals surface area contributed by atoms with E-state index in [9.17, 15) is 9.90 Å². The lowest BCUT2D eigenvalue weighted by molar-refractivity contribution is -0.173. The average Bonchev–Trinajstić information content (AvgIpc) is 2.55. The number of carbonyl (C=O) groups is 1. The van der Waals surface area contributed by atoms with E-state index in [1.807, 2.05) is 0 Å². The van der Waals surface area contributed by atoms with Gasteiger partial charge in [-0.1, -0.05) is 0 Å². The van der Waals surface area contributed by atoms with Crippen molar-refractivity contribution >= 4 is 6.09 Å². The molecule has 4 bridgehead atoms. The normalized spacial score (nSPS) is 47.2. The third-order valence-corrected chi connectivity index (χ3v) is 6.93. The molecule has 1 unspecified atom stereocenters. The number of aliphatic hydroxyl groups is 1. The van der Waals surface area contributed by atoms with E-state index < -0.39 is 17.4 Å². The molecule has 5 aliphatic rings. The van der Waals surface area contributed by atoms with Crippen LogP contribution in [0.3, 0.4) is 0 Å². The maximum Gasteiger partial charge on any atom is 0.412 e. The van der Waals surface area contributed by atoms with Crippen molar-refractivity contribution < 1.29 is 19.4 Å². The van der Waals surface area contributed by atoms with Crippen LogP contribution in [0.5, 0.6) is 0 Å². The Labute approximate surface area is 138 Å². The summed E-state index contributed by atoms with van der Waals surface area (Å²) in [6.07, 6.45) is 7.29. The van der Waals surface area contributed by atoms with Gasteiger partial charge in [0, 0.05) is 0 Å². The van der Waals surface area contributed by atoms with Crippen molar-refractivity contribution in [3.8, 4) is 0 Å². The van der Waals surface area contributed by atoms with Gasteiger partial charge in [0.25, 0.3) is 0 Å². The van der Waals surface area contributed by atoms with Gasteiger partial charge in [0.1, 0.15) is 0 Å². The second kappa shape index (κ2) is 4.85. The van der Waals surface area contributed by atoms with Gasteiger partial charge in [-0.05, 0) is 77.0 Å². The van der Waals surface area contributed by atoms with E-state index in [0.29, 0.717) is 13.2 Å². The van der Waals surface area contributed by atoms with Gasteiger partial charge in [-0.3, -0.25) is 4.90 Å². The SMILES string of the molecule is CC1(C)OC(=O)N(CCOC23CC4CC(CC(C4)C2)C3)C1(C)O. The zero-order valence-electron chi connectivity index (χ0n) is 14.5. The molecule has 1 heterocycles. The van der Waals surface area contributed by atoms with Gasteiger partial charge < -0.3 is 14.6 Å². The minimum absolute atomic E-state index is 0.0414. The Bertz CT molecular complexity index is 478. The Morgan fingerprint density at radius 3 is 2.09 bits per heavy atom. The summed E-state index contributed by atoms with van der Waals surface area (Å²) in [6.45, 7) is 5.99. The predicted molar refractivity (Wildman–Crippen MR) is 84.7 cm³/mol. The maximum atomic E-state index is 12.0. The maximum absolute atomic E-state index is 12.0. The van der Waals surface area contributed by atoms with Gasteiger partial charge in [0.15, 0.2) is 11.3 Å². The van der Waals surface area contributed by atoms with Crippen LogP contribution in [0.2, 0.25) is 0 Å². The van der Waals surface area contributed by atoms with E-state index in [2.05, 4.69) is 0 Å². The molecule has 5 heteroatoms. The smallest absolute Gasteiger partial charge is 0.412 e. The summed E-state index contributed by atoms with van der Waals surface area (Å²) in [4.78, 5) is 13.5. The summed E-state index contributed by atoms with van der Waals surface area (Å²) in [7, 11) is 0. The largest absolute Gasteiger partial charge is 0.438 e. The standard InChI is InChI=1S/C18H29NO4/c1-16(2)17(3,21)19(15(20)23-16)4-5-22-18-9-12-6-13(10-18)8-14(7-12)11-18/h12-14,21H,4-11H2,1-3H3. The Morgan fingerprint density at radius 2 is 1.65 bits per heavy atom. The number of carbonyl (C=O) groups excluding carboxylic acids is 1. The monoisotopic (exact) mass is 323 g/mol. The molecule has 1 atom stereocenters. The number of hydrogen-bond acceptors (Lipinski definition) is 4. The van der Waals surface area contributed by atoms with Crippen LogP contribution in [0.1, 0.15) is 59.3 Å². The van der Waals surface area contributed by atoms with Gasteiger partial charge in [-0.15, -0.1) is 0 Å². The second-order valence-electron chi connectivity index (χ2n) is 9.00. The van der Waals surface area contributed by atoms with Gasteiger partial charge in [-0.25, -0.2) is 4.79 Å². The fourth-order valence-electron chi connectivity index (χ4n) is 5.74. The average molecular weight is 323 g/mol. The summed E-state index contributed by atoms with van der Waals surface area (Å²) in [5, 5.41) is 10.6. The molecule has 1 saturated heterocycles. The van der Waals surface area contributed by atoms with E-state index in [1.165, 1.54) is 43.4 Å². The first-order chi connectivity index (χ1) is 10.7. The fourth-order valence-corrected chi connectivity index (χ4v) is 5.74. The molecule has 0 spiro atoms. The topological polar surface area (TPSA) is 59.0 Å². The lowest BCUT2D eigenvalue weighted by Crippen LogP contribution is -2.55. The highest BCUT2D eigenvalue weighted by atomic mass is 16.6. The van der Waals surface area contributed by atoms with Gasteiger partial charge in [0.05, 0.1) is 18.8 Å². The van der Waals surface area contributed by atoms with Crippen molar-refractivity contribution in [2.75, 3.05) is 13.2 Å². The zero-order chi connectivity index (χ0) is 16.5. The minimum atomic E-state index is -1.30. The van der Waals surface area contributed by atoms with Crippen molar-refractivity contribution in [2.45, 2.75) is 76.2 Å². The van der Waals surface area contributed by atoms with Crippen molar-refractivity contribution in [3.05, 3.63) is 0 Å². The first-order valence-corrected chi connectivity index (χ1v) is 9.08. The fraction of sp³-hybridized carbons (Fsp3) is 0.944. The van der Waals surface area contributed by atoms with E-state index in [-0.39, 0.29) is 5.60 Å². The quantitative estimate of drug-likeness (QED) is 0.864. The third kappa shape index (κ3) is 2.39. The molecular formula is C18H29NO4. The molecule has 4 saturated carbocycles. The molecule has 4 aliphatic carbocycles. The van der Waals surface area contributed by atoms with Crippen LogP contribution in [0, 0.1) is 17.8 Å². The molecule has 23 heavy (non-hydrogen) atoms. The first kappa shape index (κ1) is 15.7. The lowest BCUT2D eigenvalue weighted by Gasteiger charge is -2.56. The molecule has 5 rings (SSSR count). The number of hydrogen-bond donors (Lipinski definition) is 1. The van der Waals surface area contributed by atoms with Gasteiger partial charge in [0.2, 0.25) is 0 Å². The summed E-state index contributed by atoms with van der Waals surface area (Å²) in [5.41, 5.74) is -2.15. The summed E-state index contributed by atoms with van der Waals surface area (Å²) in [6, 6.07) is 0. The number of amides is 1. The lowest BCUT2D eigenvalue weighted by atomic mass is 9.54. The predicted octanol–water partition coefficient (Wildman–Crippen LogP) is 2.91. The van der Waals surface area contributed by atoms with Crippen LogP contribution in [0.15, 0.2) is 0 Å². The summed E-state index contributed by atoms with van der Waals surface area (Å²) >= 11 is 0. The van der Waals surface area contributed by atoms with E-state index in [0.717, 1.165) is 17.8 Å². The van der Waals surface area contributed by atoms with Crippen molar-refractivity contribution in [2.24, 2.45) is 17.8 Å². The van der Waals surface area contributed by atoms with Crippen LogP contribution >= 0.6 is 0 Å². The van der Waals surface area contributed by atoms with E-state index in [4.69, 9.17) is 9.47 Å². The summed E-state index contributed by atoms with van der Waals surface area (Å²) < 4.78 is 11.7. The highest BCUT2D eigenvalue weighted by Gasteiger charge is 2.57. The molecule has 1 amide bonds. The van der Waals surface area contributed by atoms with Crippen LogP contribution in [0.4, 0.5) is 4.79 Å². The van der Waals surface area contributed by atoms with Crippen LogP contribution in [-0.4, -0.2) is 46.2 Å². The molecule has 0 radical (unpaired) electrons. The molecule has 0 aromatic carbocycles. The van der Waals surface area contributed by atoms with Gasteiger partial charge >= 0.3 is 6.09 Å². The molecule has 1 N–H and O–H groups in total. The van der Waals surface area contributed by atoms with Crippen molar-refractivity contribution in [1.82, 2.24) is 4.90 Å².